The lowest BCUT2D eigenvalue weighted by Gasteiger charge is -2.26. The molecule has 0 aliphatic heterocycles. The van der Waals surface area contributed by atoms with Crippen LogP contribution < -0.4 is 5.73 Å². The van der Waals surface area contributed by atoms with E-state index in [9.17, 15) is 21.6 Å². The second-order valence-electron chi connectivity index (χ2n) is 5.08. The van der Waals surface area contributed by atoms with Crippen LogP contribution in [0.15, 0.2) is 29.2 Å². The van der Waals surface area contributed by atoms with Gasteiger partial charge in [-0.25, -0.2) is 8.42 Å². The quantitative estimate of drug-likeness (QED) is 0.914. The molecule has 20 heavy (non-hydrogen) atoms. The minimum Gasteiger partial charge on any atom is -0.328 e. The van der Waals surface area contributed by atoms with Gasteiger partial charge in [-0.2, -0.15) is 13.2 Å². The molecule has 0 unspecified atom stereocenters. The fourth-order valence-corrected chi connectivity index (χ4v) is 4.54. The summed E-state index contributed by atoms with van der Waals surface area (Å²) in [5.41, 5.74) is 4.62. The Kier molecular flexibility index (Phi) is 4.11. The van der Waals surface area contributed by atoms with Crippen LogP contribution in [0.1, 0.15) is 31.2 Å². The third-order valence-electron chi connectivity index (χ3n) is 3.66. The molecule has 2 N–H and O–H groups in total. The predicted molar refractivity (Wildman–Crippen MR) is 68.9 cm³/mol. The molecule has 1 aliphatic rings. The zero-order chi connectivity index (χ0) is 15.0. The molecule has 1 saturated carbocycles. The summed E-state index contributed by atoms with van der Waals surface area (Å²) in [5, 5.41) is -0.772. The summed E-state index contributed by atoms with van der Waals surface area (Å²) in [4.78, 5) is -0.618. The van der Waals surface area contributed by atoms with Crippen LogP contribution in [0.25, 0.3) is 0 Å². The smallest absolute Gasteiger partial charge is 0.328 e. The van der Waals surface area contributed by atoms with Gasteiger partial charge >= 0.3 is 6.18 Å². The van der Waals surface area contributed by atoms with Crippen molar-refractivity contribution < 1.29 is 21.6 Å². The number of sulfone groups is 1. The summed E-state index contributed by atoms with van der Waals surface area (Å²) >= 11 is 0. The topological polar surface area (TPSA) is 60.2 Å². The fourth-order valence-electron chi connectivity index (χ4n) is 2.53. The number of alkyl halides is 3. The lowest BCUT2D eigenvalue weighted by atomic mass is 9.96. The van der Waals surface area contributed by atoms with Crippen LogP contribution in [-0.4, -0.2) is 19.7 Å². The number of nitrogens with two attached hydrogens (primary N) is 1. The fraction of sp³-hybridized carbons (Fsp3) is 0.538. The van der Waals surface area contributed by atoms with Crippen LogP contribution in [0.2, 0.25) is 0 Å². The van der Waals surface area contributed by atoms with Crippen molar-refractivity contribution in [1.82, 2.24) is 0 Å². The van der Waals surface area contributed by atoms with Crippen LogP contribution in [-0.2, 0) is 16.0 Å². The standard InChI is InChI=1S/C13H16F3NO2S/c14-13(15,16)11-3-1-2-4-12(11)20(18,19)10-7-5-9(17)6-8-10/h1-4,9-10H,5-8,17H2. The minimum atomic E-state index is -4.67. The Morgan fingerprint density at radius 3 is 2.15 bits per heavy atom. The Bertz CT molecular complexity index is 576. The molecular weight excluding hydrogens is 291 g/mol. The van der Waals surface area contributed by atoms with Gasteiger partial charge in [-0.05, 0) is 37.8 Å². The average molecular weight is 307 g/mol. The summed E-state index contributed by atoms with van der Waals surface area (Å²) in [6.07, 6.45) is -2.99. The van der Waals surface area contributed by atoms with Crippen molar-refractivity contribution in [3.63, 3.8) is 0 Å². The zero-order valence-corrected chi connectivity index (χ0v) is 11.5. The Morgan fingerprint density at radius 1 is 1.05 bits per heavy atom. The van der Waals surface area contributed by atoms with E-state index >= 15 is 0 Å². The Balaban J connectivity index is 2.40. The summed E-state index contributed by atoms with van der Waals surface area (Å²) in [6.45, 7) is 0. The highest BCUT2D eigenvalue weighted by Crippen LogP contribution is 2.37. The van der Waals surface area contributed by atoms with Gasteiger partial charge in [0.15, 0.2) is 9.84 Å². The lowest BCUT2D eigenvalue weighted by Crippen LogP contribution is -2.34. The molecule has 7 heteroatoms. The molecule has 1 aliphatic carbocycles. The highest BCUT2D eigenvalue weighted by molar-refractivity contribution is 7.92. The van der Waals surface area contributed by atoms with Crippen molar-refractivity contribution in [1.29, 1.82) is 0 Å². The Morgan fingerprint density at radius 2 is 1.60 bits per heavy atom. The van der Waals surface area contributed by atoms with Gasteiger partial charge in [0.25, 0.3) is 0 Å². The number of hydrogen-bond acceptors (Lipinski definition) is 3. The molecule has 0 aromatic heterocycles. The van der Waals surface area contributed by atoms with Crippen LogP contribution in [0.5, 0.6) is 0 Å². The van der Waals surface area contributed by atoms with Gasteiger partial charge in [-0.1, -0.05) is 12.1 Å². The van der Waals surface area contributed by atoms with E-state index in [4.69, 9.17) is 5.73 Å². The van der Waals surface area contributed by atoms with E-state index in [2.05, 4.69) is 0 Å². The van der Waals surface area contributed by atoms with E-state index in [1.165, 1.54) is 12.1 Å². The van der Waals surface area contributed by atoms with Gasteiger partial charge in [0.2, 0.25) is 0 Å². The highest BCUT2D eigenvalue weighted by Gasteiger charge is 2.40. The molecule has 1 fully saturated rings. The van der Waals surface area contributed by atoms with Gasteiger partial charge in [-0.3, -0.25) is 0 Å². The Labute approximate surface area is 115 Å². The number of rotatable bonds is 2. The molecule has 2 rings (SSSR count). The first kappa shape index (κ1) is 15.3. The second kappa shape index (κ2) is 5.37. The van der Waals surface area contributed by atoms with Gasteiger partial charge in [0.1, 0.15) is 0 Å². The minimum absolute atomic E-state index is 0.0562. The van der Waals surface area contributed by atoms with Gasteiger partial charge in [0.05, 0.1) is 15.7 Å². The first-order valence-corrected chi connectivity index (χ1v) is 7.93. The van der Waals surface area contributed by atoms with E-state index in [1.54, 1.807) is 0 Å². The van der Waals surface area contributed by atoms with Crippen LogP contribution in [0.3, 0.4) is 0 Å². The van der Waals surface area contributed by atoms with Crippen molar-refractivity contribution in [3.8, 4) is 0 Å². The molecule has 1 aromatic carbocycles. The van der Waals surface area contributed by atoms with Crippen LogP contribution >= 0.6 is 0 Å². The SMILES string of the molecule is NC1CCC(S(=O)(=O)c2ccccc2C(F)(F)F)CC1. The summed E-state index contributed by atoms with van der Waals surface area (Å²) < 4.78 is 63.6. The van der Waals surface area contributed by atoms with Gasteiger partial charge in [0, 0.05) is 6.04 Å². The first-order chi connectivity index (χ1) is 9.23. The van der Waals surface area contributed by atoms with E-state index < -0.39 is 31.7 Å². The van der Waals surface area contributed by atoms with Crippen LogP contribution in [0.4, 0.5) is 13.2 Å². The van der Waals surface area contributed by atoms with Crippen molar-refractivity contribution in [2.24, 2.45) is 5.73 Å². The molecule has 0 saturated heterocycles. The monoisotopic (exact) mass is 307 g/mol. The molecule has 0 bridgehead atoms. The molecule has 1 aromatic rings. The van der Waals surface area contributed by atoms with Crippen molar-refractivity contribution in [2.75, 3.05) is 0 Å². The summed E-state index contributed by atoms with van der Waals surface area (Å²) in [5.74, 6) is 0. The highest BCUT2D eigenvalue weighted by atomic mass is 32.2. The molecule has 0 heterocycles. The van der Waals surface area contributed by atoms with E-state index in [1.807, 2.05) is 0 Å². The van der Waals surface area contributed by atoms with Gasteiger partial charge in [-0.15, -0.1) is 0 Å². The van der Waals surface area contributed by atoms with Crippen molar-refractivity contribution >= 4 is 9.84 Å². The average Bonchev–Trinajstić information content (AvgIpc) is 2.38. The lowest BCUT2D eigenvalue weighted by molar-refractivity contribution is -0.139. The van der Waals surface area contributed by atoms with Crippen LogP contribution in [0, 0.1) is 0 Å². The number of hydrogen-bond donors (Lipinski definition) is 1. The maximum Gasteiger partial charge on any atom is 0.417 e. The Hall–Kier alpha value is -1.08. The predicted octanol–water partition coefficient (Wildman–Crippen LogP) is 2.75. The van der Waals surface area contributed by atoms with Gasteiger partial charge < -0.3 is 5.73 Å². The third-order valence-corrected chi connectivity index (χ3v) is 5.97. The number of benzene rings is 1. The van der Waals surface area contributed by atoms with E-state index in [0.29, 0.717) is 25.7 Å². The molecule has 0 amide bonds. The van der Waals surface area contributed by atoms with E-state index in [0.717, 1.165) is 12.1 Å². The zero-order valence-electron chi connectivity index (χ0n) is 10.7. The molecule has 0 spiro atoms. The molecule has 112 valence electrons. The maximum absolute atomic E-state index is 12.9. The summed E-state index contributed by atoms with van der Waals surface area (Å²) in [6, 6.07) is 4.29. The second-order valence-corrected chi connectivity index (χ2v) is 7.27. The normalized spacial score (nSPS) is 24.6. The maximum atomic E-state index is 12.9. The first-order valence-electron chi connectivity index (χ1n) is 6.38. The van der Waals surface area contributed by atoms with E-state index in [-0.39, 0.29) is 6.04 Å². The molecule has 0 radical (unpaired) electrons. The molecule has 0 atom stereocenters. The van der Waals surface area contributed by atoms with Crippen molar-refractivity contribution in [3.05, 3.63) is 29.8 Å². The summed E-state index contributed by atoms with van der Waals surface area (Å²) in [7, 11) is -3.97. The number of halogens is 3. The van der Waals surface area contributed by atoms with Crippen molar-refractivity contribution in [2.45, 2.75) is 48.0 Å². The third kappa shape index (κ3) is 2.98. The molecular formula is C13H16F3NO2S. The molecule has 3 nitrogen and oxygen atoms in total. The largest absolute Gasteiger partial charge is 0.417 e.